The van der Waals surface area contributed by atoms with Crippen molar-refractivity contribution in [3.05, 3.63) is 41.1 Å². The number of aryl methyl sites for hydroxylation is 3. The van der Waals surface area contributed by atoms with E-state index in [2.05, 4.69) is 10.4 Å². The lowest BCUT2D eigenvalue weighted by atomic mass is 10.2. The van der Waals surface area contributed by atoms with Crippen molar-refractivity contribution in [3.63, 3.8) is 0 Å². The maximum Gasteiger partial charge on any atom is 0.130 e. The van der Waals surface area contributed by atoms with Gasteiger partial charge in [0.2, 0.25) is 0 Å². The molecule has 18 heavy (non-hydrogen) atoms. The summed E-state index contributed by atoms with van der Waals surface area (Å²) in [6.07, 6.45) is 0. The normalized spacial score (nSPS) is 10.4. The molecule has 0 aliphatic rings. The van der Waals surface area contributed by atoms with Crippen LogP contribution >= 0.6 is 0 Å². The number of ether oxygens (including phenoxy) is 1. The minimum absolute atomic E-state index is 0.528. The van der Waals surface area contributed by atoms with Crippen molar-refractivity contribution >= 4 is 5.82 Å². The molecule has 0 aliphatic carbocycles. The Bertz CT molecular complexity index is 546. The van der Waals surface area contributed by atoms with E-state index in [1.54, 1.807) is 0 Å². The predicted molar refractivity (Wildman–Crippen MR) is 73.0 cm³/mol. The zero-order valence-corrected chi connectivity index (χ0v) is 11.3. The minimum atomic E-state index is 0.528. The molecule has 1 heterocycles. The van der Waals surface area contributed by atoms with Crippen molar-refractivity contribution in [1.82, 2.24) is 9.78 Å². The van der Waals surface area contributed by atoms with Gasteiger partial charge in [0.15, 0.2) is 0 Å². The Morgan fingerprint density at radius 1 is 1.28 bits per heavy atom. The van der Waals surface area contributed by atoms with Crippen LogP contribution in [0.25, 0.3) is 0 Å². The zero-order chi connectivity index (χ0) is 13.1. The maximum atomic E-state index is 5.87. The monoisotopic (exact) mass is 245 g/mol. The highest BCUT2D eigenvalue weighted by Crippen LogP contribution is 2.22. The third kappa shape index (κ3) is 2.32. The molecule has 0 saturated heterocycles. The highest BCUT2D eigenvalue weighted by Gasteiger charge is 2.12. The Hall–Kier alpha value is -1.97. The number of benzene rings is 1. The Labute approximate surface area is 108 Å². The van der Waals surface area contributed by atoms with Gasteiger partial charge in [0, 0.05) is 14.1 Å². The number of nitrogens with zero attached hydrogens (tertiary/aromatic N) is 2. The van der Waals surface area contributed by atoms with Crippen molar-refractivity contribution in [2.24, 2.45) is 7.05 Å². The lowest BCUT2D eigenvalue weighted by Crippen LogP contribution is -2.03. The molecule has 0 spiro atoms. The highest BCUT2D eigenvalue weighted by molar-refractivity contribution is 5.47. The fourth-order valence-corrected chi connectivity index (χ4v) is 2.06. The van der Waals surface area contributed by atoms with E-state index in [1.807, 2.05) is 56.9 Å². The van der Waals surface area contributed by atoms with Gasteiger partial charge in [-0.25, -0.2) is 0 Å². The van der Waals surface area contributed by atoms with Crippen LogP contribution in [0.1, 0.15) is 16.8 Å². The summed E-state index contributed by atoms with van der Waals surface area (Å²) < 4.78 is 7.71. The minimum Gasteiger partial charge on any atom is -0.488 e. The summed E-state index contributed by atoms with van der Waals surface area (Å²) in [7, 11) is 3.82. The van der Waals surface area contributed by atoms with Crippen LogP contribution < -0.4 is 10.1 Å². The van der Waals surface area contributed by atoms with E-state index < -0.39 is 0 Å². The SMILES string of the molecule is CNc1c(COc2ccccc2C)c(C)nn1C. The molecule has 0 amide bonds. The second kappa shape index (κ2) is 5.12. The van der Waals surface area contributed by atoms with Gasteiger partial charge in [0.25, 0.3) is 0 Å². The molecular formula is C14H19N3O. The standard InChI is InChI=1S/C14H19N3O/c1-10-7-5-6-8-13(10)18-9-12-11(2)16-17(4)14(12)15-3/h5-8,15H,9H2,1-4H3. The molecular weight excluding hydrogens is 226 g/mol. The largest absolute Gasteiger partial charge is 0.488 e. The van der Waals surface area contributed by atoms with Gasteiger partial charge in [-0.1, -0.05) is 18.2 Å². The van der Waals surface area contributed by atoms with Crippen molar-refractivity contribution in [1.29, 1.82) is 0 Å². The Kier molecular flexibility index (Phi) is 3.55. The first-order valence-electron chi connectivity index (χ1n) is 6.02. The molecule has 96 valence electrons. The van der Waals surface area contributed by atoms with Gasteiger partial charge < -0.3 is 10.1 Å². The third-order valence-corrected chi connectivity index (χ3v) is 3.05. The fraction of sp³-hybridized carbons (Fsp3) is 0.357. The topological polar surface area (TPSA) is 39.1 Å². The summed E-state index contributed by atoms with van der Waals surface area (Å²) in [5.74, 6) is 1.92. The predicted octanol–water partition coefficient (Wildman–Crippen LogP) is 2.66. The second-order valence-corrected chi connectivity index (χ2v) is 4.34. The van der Waals surface area contributed by atoms with Crippen LogP contribution in [0.3, 0.4) is 0 Å². The van der Waals surface area contributed by atoms with Gasteiger partial charge >= 0.3 is 0 Å². The van der Waals surface area contributed by atoms with Crippen molar-refractivity contribution in [2.75, 3.05) is 12.4 Å². The smallest absolute Gasteiger partial charge is 0.130 e. The number of anilines is 1. The number of hydrogen-bond acceptors (Lipinski definition) is 3. The van der Waals surface area contributed by atoms with Crippen molar-refractivity contribution < 1.29 is 4.74 Å². The van der Waals surface area contributed by atoms with Crippen LogP contribution in [0.15, 0.2) is 24.3 Å². The quantitative estimate of drug-likeness (QED) is 0.900. The van der Waals surface area contributed by atoms with Gasteiger partial charge in [0.05, 0.1) is 11.3 Å². The highest BCUT2D eigenvalue weighted by atomic mass is 16.5. The lowest BCUT2D eigenvalue weighted by Gasteiger charge is -2.10. The molecule has 0 radical (unpaired) electrons. The average molecular weight is 245 g/mol. The van der Waals surface area contributed by atoms with Crippen LogP contribution in [0.4, 0.5) is 5.82 Å². The third-order valence-electron chi connectivity index (χ3n) is 3.05. The molecule has 0 fully saturated rings. The Balaban J connectivity index is 2.18. The molecule has 0 unspecified atom stereocenters. The zero-order valence-electron chi connectivity index (χ0n) is 11.3. The van der Waals surface area contributed by atoms with Gasteiger partial charge in [-0.05, 0) is 25.5 Å². The molecule has 1 N–H and O–H groups in total. The molecule has 1 aromatic heterocycles. The van der Waals surface area contributed by atoms with Gasteiger partial charge in [0.1, 0.15) is 18.2 Å². The maximum absolute atomic E-state index is 5.87. The molecule has 0 saturated carbocycles. The number of rotatable bonds is 4. The van der Waals surface area contributed by atoms with Crippen molar-refractivity contribution in [3.8, 4) is 5.75 Å². The first-order valence-corrected chi connectivity index (χ1v) is 6.02. The first kappa shape index (κ1) is 12.5. The van der Waals surface area contributed by atoms with Crippen LogP contribution in [-0.2, 0) is 13.7 Å². The average Bonchev–Trinajstić information content (AvgIpc) is 2.62. The summed E-state index contributed by atoms with van der Waals surface area (Å²) in [4.78, 5) is 0. The number of aromatic nitrogens is 2. The second-order valence-electron chi connectivity index (χ2n) is 4.34. The van der Waals surface area contributed by atoms with Gasteiger partial charge in [-0.3, -0.25) is 4.68 Å². The van der Waals surface area contributed by atoms with Crippen molar-refractivity contribution in [2.45, 2.75) is 20.5 Å². The number of nitrogens with one attached hydrogen (secondary N) is 1. The Morgan fingerprint density at radius 3 is 2.67 bits per heavy atom. The summed E-state index contributed by atoms with van der Waals surface area (Å²) >= 11 is 0. The fourth-order valence-electron chi connectivity index (χ4n) is 2.06. The molecule has 0 bridgehead atoms. The van der Waals surface area contributed by atoms with E-state index in [-0.39, 0.29) is 0 Å². The summed E-state index contributed by atoms with van der Waals surface area (Å²) in [5, 5.41) is 7.55. The molecule has 0 atom stereocenters. The Morgan fingerprint density at radius 2 is 2.00 bits per heavy atom. The van der Waals surface area contributed by atoms with Crippen LogP contribution in [0.5, 0.6) is 5.75 Å². The summed E-state index contributed by atoms with van der Waals surface area (Å²) in [6.45, 7) is 4.57. The van der Waals surface area contributed by atoms with E-state index in [4.69, 9.17) is 4.74 Å². The molecule has 2 rings (SSSR count). The van der Waals surface area contributed by atoms with E-state index in [0.29, 0.717) is 6.61 Å². The molecule has 0 aliphatic heterocycles. The van der Waals surface area contributed by atoms with Crippen LogP contribution in [0.2, 0.25) is 0 Å². The lowest BCUT2D eigenvalue weighted by molar-refractivity contribution is 0.304. The molecule has 2 aromatic rings. The van der Waals surface area contributed by atoms with E-state index in [0.717, 1.165) is 28.4 Å². The summed E-state index contributed by atoms with van der Waals surface area (Å²) in [6, 6.07) is 8.03. The van der Waals surface area contributed by atoms with Gasteiger partial charge in [-0.15, -0.1) is 0 Å². The van der Waals surface area contributed by atoms with E-state index in [1.165, 1.54) is 0 Å². The molecule has 4 heteroatoms. The number of hydrogen-bond donors (Lipinski definition) is 1. The van der Waals surface area contributed by atoms with E-state index >= 15 is 0 Å². The van der Waals surface area contributed by atoms with E-state index in [9.17, 15) is 0 Å². The molecule has 1 aromatic carbocycles. The summed E-state index contributed by atoms with van der Waals surface area (Å²) in [5.41, 5.74) is 3.24. The molecule has 4 nitrogen and oxygen atoms in total. The van der Waals surface area contributed by atoms with Crippen LogP contribution in [-0.4, -0.2) is 16.8 Å². The number of para-hydroxylation sites is 1. The van der Waals surface area contributed by atoms with Gasteiger partial charge in [-0.2, -0.15) is 5.10 Å². The first-order chi connectivity index (χ1) is 8.63. The van der Waals surface area contributed by atoms with Crippen LogP contribution in [0, 0.1) is 13.8 Å².